The molecular formula is C15H18F3N5O2. The van der Waals surface area contributed by atoms with Crippen molar-refractivity contribution in [3.8, 4) is 11.8 Å². The number of rotatable bonds is 4. The molecule has 3 heterocycles. The fourth-order valence-electron chi connectivity index (χ4n) is 2.81. The Morgan fingerprint density at radius 2 is 1.88 bits per heavy atom. The highest BCUT2D eigenvalue weighted by atomic mass is 19.4. The van der Waals surface area contributed by atoms with Crippen LogP contribution in [-0.2, 0) is 6.18 Å². The lowest BCUT2D eigenvalue weighted by atomic mass is 9.97. The Balaban J connectivity index is 1.80. The Bertz CT molecular complexity index is 712. The van der Waals surface area contributed by atoms with Crippen LogP contribution < -0.4 is 14.4 Å². The van der Waals surface area contributed by atoms with Crippen LogP contribution in [0.25, 0.3) is 0 Å². The molecule has 0 amide bonds. The minimum absolute atomic E-state index is 0.161. The molecule has 1 atom stereocenters. The van der Waals surface area contributed by atoms with Gasteiger partial charge < -0.3 is 19.4 Å². The first-order chi connectivity index (χ1) is 11.9. The molecule has 1 fully saturated rings. The summed E-state index contributed by atoms with van der Waals surface area (Å²) in [5, 5.41) is 0. The van der Waals surface area contributed by atoms with Crippen molar-refractivity contribution in [2.24, 2.45) is 0 Å². The van der Waals surface area contributed by atoms with Gasteiger partial charge in [-0.3, -0.25) is 0 Å². The molecule has 0 radical (unpaired) electrons. The van der Waals surface area contributed by atoms with Crippen LogP contribution in [0.1, 0.15) is 30.3 Å². The van der Waals surface area contributed by atoms with Gasteiger partial charge >= 0.3 is 6.18 Å². The molecule has 0 saturated carbocycles. The van der Waals surface area contributed by atoms with Crippen molar-refractivity contribution >= 4 is 5.95 Å². The number of H-pyrrole nitrogens is 1. The highest BCUT2D eigenvalue weighted by Crippen LogP contribution is 2.32. The van der Waals surface area contributed by atoms with E-state index in [4.69, 9.17) is 9.47 Å². The maximum absolute atomic E-state index is 12.7. The van der Waals surface area contributed by atoms with Gasteiger partial charge in [0.1, 0.15) is 11.5 Å². The minimum Gasteiger partial charge on any atom is -0.481 e. The van der Waals surface area contributed by atoms with E-state index in [9.17, 15) is 13.2 Å². The third kappa shape index (κ3) is 3.77. The number of nitrogens with zero attached hydrogens (tertiary/aromatic N) is 4. The Kier molecular flexibility index (Phi) is 4.69. The van der Waals surface area contributed by atoms with Gasteiger partial charge in [0.15, 0.2) is 0 Å². The summed E-state index contributed by atoms with van der Waals surface area (Å²) in [6, 6.07) is 1.56. The second-order valence-electron chi connectivity index (χ2n) is 5.72. The second kappa shape index (κ2) is 6.77. The van der Waals surface area contributed by atoms with Crippen molar-refractivity contribution < 1.29 is 22.6 Å². The zero-order valence-corrected chi connectivity index (χ0v) is 13.8. The number of aromatic nitrogens is 4. The molecule has 0 aliphatic carbocycles. The smallest absolute Gasteiger partial charge is 0.432 e. The van der Waals surface area contributed by atoms with Crippen LogP contribution in [0.5, 0.6) is 11.8 Å². The van der Waals surface area contributed by atoms with Gasteiger partial charge in [-0.2, -0.15) is 23.1 Å². The highest BCUT2D eigenvalue weighted by molar-refractivity contribution is 5.38. The number of alkyl halides is 3. The molecule has 136 valence electrons. The average molecular weight is 357 g/mol. The van der Waals surface area contributed by atoms with E-state index in [2.05, 4.69) is 19.9 Å². The molecule has 7 nitrogen and oxygen atoms in total. The van der Waals surface area contributed by atoms with Gasteiger partial charge in [0.2, 0.25) is 17.7 Å². The van der Waals surface area contributed by atoms with Crippen LogP contribution in [0.2, 0.25) is 0 Å². The van der Waals surface area contributed by atoms with Gasteiger partial charge in [0.05, 0.1) is 26.5 Å². The number of hydrogen-bond acceptors (Lipinski definition) is 6. The van der Waals surface area contributed by atoms with E-state index in [1.807, 2.05) is 4.90 Å². The first kappa shape index (κ1) is 17.3. The van der Waals surface area contributed by atoms with Gasteiger partial charge in [-0.25, -0.2) is 4.98 Å². The maximum atomic E-state index is 12.7. The van der Waals surface area contributed by atoms with Crippen LogP contribution in [-0.4, -0.2) is 47.2 Å². The molecule has 25 heavy (non-hydrogen) atoms. The predicted octanol–water partition coefficient (Wildman–Crippen LogP) is 2.62. The van der Waals surface area contributed by atoms with E-state index in [1.165, 1.54) is 14.2 Å². The van der Waals surface area contributed by atoms with Crippen LogP contribution in [0, 0.1) is 0 Å². The van der Waals surface area contributed by atoms with Crippen molar-refractivity contribution in [3.05, 3.63) is 23.8 Å². The third-order valence-electron chi connectivity index (χ3n) is 4.08. The number of aromatic amines is 1. The molecule has 10 heteroatoms. The molecule has 2 aromatic rings. The second-order valence-corrected chi connectivity index (χ2v) is 5.72. The molecule has 3 rings (SSSR count). The van der Waals surface area contributed by atoms with E-state index in [-0.39, 0.29) is 5.92 Å². The predicted molar refractivity (Wildman–Crippen MR) is 82.9 cm³/mol. The lowest BCUT2D eigenvalue weighted by molar-refractivity contribution is -0.141. The summed E-state index contributed by atoms with van der Waals surface area (Å²) in [6.45, 7) is 1.15. The molecule has 1 aliphatic rings. The van der Waals surface area contributed by atoms with Gasteiger partial charge in [0.25, 0.3) is 0 Å². The Morgan fingerprint density at radius 1 is 1.20 bits per heavy atom. The van der Waals surface area contributed by atoms with Crippen LogP contribution >= 0.6 is 0 Å². The van der Waals surface area contributed by atoms with Gasteiger partial charge in [-0.05, 0) is 12.8 Å². The molecule has 0 spiro atoms. The number of piperidine rings is 1. The van der Waals surface area contributed by atoms with Crippen molar-refractivity contribution in [2.45, 2.75) is 24.9 Å². The molecule has 0 aromatic carbocycles. The molecule has 1 N–H and O–H groups in total. The standard InChI is InChI=1S/C15H18F3N5O2/c1-24-11-6-12(25-2)22-14(21-11)23-5-3-4-9(8-23)13-19-7-10(20-13)15(16,17)18/h6-7,9H,3-5,8H2,1-2H3,(H,19,20). The maximum Gasteiger partial charge on any atom is 0.432 e. The summed E-state index contributed by atoms with van der Waals surface area (Å²) in [5.74, 6) is 1.31. The molecule has 1 unspecified atom stereocenters. The number of anilines is 1. The number of imidazole rings is 1. The summed E-state index contributed by atoms with van der Waals surface area (Å²) in [7, 11) is 2.98. The zero-order chi connectivity index (χ0) is 18.0. The number of hydrogen-bond donors (Lipinski definition) is 1. The van der Waals surface area contributed by atoms with E-state index in [1.54, 1.807) is 6.07 Å². The van der Waals surface area contributed by atoms with E-state index in [0.29, 0.717) is 36.6 Å². The van der Waals surface area contributed by atoms with Crippen LogP contribution in [0.3, 0.4) is 0 Å². The van der Waals surface area contributed by atoms with E-state index >= 15 is 0 Å². The van der Waals surface area contributed by atoms with Crippen molar-refractivity contribution in [1.29, 1.82) is 0 Å². The number of methoxy groups -OCH3 is 2. The Morgan fingerprint density at radius 3 is 2.44 bits per heavy atom. The number of ether oxygens (including phenoxy) is 2. The molecule has 1 aliphatic heterocycles. The van der Waals surface area contributed by atoms with Gasteiger partial charge in [-0.1, -0.05) is 0 Å². The van der Waals surface area contributed by atoms with Crippen LogP contribution in [0.15, 0.2) is 12.3 Å². The van der Waals surface area contributed by atoms with Crippen molar-refractivity contribution in [1.82, 2.24) is 19.9 Å². The number of nitrogens with one attached hydrogen (secondary N) is 1. The summed E-state index contributed by atoms with van der Waals surface area (Å²) in [5.41, 5.74) is -0.834. The Hall–Kier alpha value is -2.52. The first-order valence-electron chi connectivity index (χ1n) is 7.75. The fraction of sp³-hybridized carbons (Fsp3) is 0.533. The Labute approximate surface area is 142 Å². The average Bonchev–Trinajstić information content (AvgIpc) is 3.12. The van der Waals surface area contributed by atoms with Gasteiger partial charge in [-0.15, -0.1) is 0 Å². The topological polar surface area (TPSA) is 76.2 Å². The monoisotopic (exact) mass is 357 g/mol. The number of halogens is 3. The van der Waals surface area contributed by atoms with Crippen molar-refractivity contribution in [2.75, 3.05) is 32.2 Å². The summed E-state index contributed by atoms with van der Waals surface area (Å²) >= 11 is 0. The van der Waals surface area contributed by atoms with Gasteiger partial charge in [0, 0.05) is 19.0 Å². The summed E-state index contributed by atoms with van der Waals surface area (Å²) in [4.78, 5) is 16.8. The third-order valence-corrected chi connectivity index (χ3v) is 4.08. The molecular weight excluding hydrogens is 339 g/mol. The van der Waals surface area contributed by atoms with E-state index in [0.717, 1.165) is 19.0 Å². The minimum atomic E-state index is -4.43. The molecule has 0 bridgehead atoms. The molecule has 1 saturated heterocycles. The lowest BCUT2D eigenvalue weighted by Crippen LogP contribution is -2.36. The molecule has 2 aromatic heterocycles. The largest absolute Gasteiger partial charge is 0.481 e. The fourth-order valence-corrected chi connectivity index (χ4v) is 2.81. The lowest BCUT2D eigenvalue weighted by Gasteiger charge is -2.32. The summed E-state index contributed by atoms with van der Waals surface area (Å²) in [6.07, 6.45) is -2.07. The SMILES string of the molecule is COc1cc(OC)nc(N2CCCC(c3ncc(C(F)(F)F)[nH]3)C2)n1. The van der Waals surface area contributed by atoms with Crippen LogP contribution in [0.4, 0.5) is 19.1 Å². The normalized spacial score (nSPS) is 18.3. The van der Waals surface area contributed by atoms with E-state index < -0.39 is 11.9 Å². The quantitative estimate of drug-likeness (QED) is 0.907. The zero-order valence-electron chi connectivity index (χ0n) is 13.8. The highest BCUT2D eigenvalue weighted by Gasteiger charge is 2.34. The summed E-state index contributed by atoms with van der Waals surface area (Å²) < 4.78 is 48.5. The first-order valence-corrected chi connectivity index (χ1v) is 7.75. The van der Waals surface area contributed by atoms with Crippen molar-refractivity contribution in [3.63, 3.8) is 0 Å².